The van der Waals surface area contributed by atoms with E-state index in [2.05, 4.69) is 91.9 Å². The molecule has 0 N–H and O–H groups in total. The Balaban J connectivity index is 1.69. The van der Waals surface area contributed by atoms with Gasteiger partial charge in [0.2, 0.25) is 0 Å². The molecule has 2 heteroatoms. The van der Waals surface area contributed by atoms with E-state index in [0.29, 0.717) is 11.5 Å². The predicted molar refractivity (Wildman–Crippen MR) is 105 cm³/mol. The molecule has 1 aliphatic heterocycles. The van der Waals surface area contributed by atoms with Crippen molar-refractivity contribution in [3.05, 3.63) is 96.1 Å². The third-order valence-electron chi connectivity index (χ3n) is 6.21. The number of fused-ring (bicyclic) bond motifs is 3. The van der Waals surface area contributed by atoms with Crippen molar-refractivity contribution >= 4 is 18.7 Å². The van der Waals surface area contributed by atoms with Crippen molar-refractivity contribution in [3.8, 4) is 0 Å². The Morgan fingerprint density at radius 1 is 0.760 bits per heavy atom. The van der Waals surface area contributed by atoms with Crippen molar-refractivity contribution in [1.29, 1.82) is 0 Å². The first-order chi connectivity index (χ1) is 12.3. The van der Waals surface area contributed by atoms with Gasteiger partial charge in [-0.05, 0) is 39.4 Å². The Hall–Kier alpha value is -2.16. The van der Waals surface area contributed by atoms with E-state index >= 15 is 0 Å². The summed E-state index contributed by atoms with van der Waals surface area (Å²) in [5.41, 5.74) is 3.45. The highest BCUT2D eigenvalue weighted by molar-refractivity contribution is 6.99. The molecule has 0 amide bonds. The normalized spacial score (nSPS) is 26.2. The lowest BCUT2D eigenvalue weighted by molar-refractivity contribution is 0.196. The topological polar surface area (TPSA) is 9.23 Å². The van der Waals surface area contributed by atoms with E-state index in [1.165, 1.54) is 21.5 Å². The highest BCUT2D eigenvalue weighted by atomic mass is 28.4. The van der Waals surface area contributed by atoms with Crippen molar-refractivity contribution in [2.24, 2.45) is 5.92 Å². The predicted octanol–water partition coefficient (Wildman–Crippen LogP) is 4.08. The fraction of sp³-hybridized carbons (Fsp3) is 0.217. The summed E-state index contributed by atoms with van der Waals surface area (Å²) in [4.78, 5) is 0. The van der Waals surface area contributed by atoms with E-state index in [1.807, 2.05) is 0 Å². The minimum Gasteiger partial charge on any atom is -0.400 e. The zero-order chi connectivity index (χ0) is 16.9. The first-order valence-corrected chi connectivity index (χ1v) is 11.2. The first-order valence-electron chi connectivity index (χ1n) is 9.17. The highest BCUT2D eigenvalue weighted by Crippen LogP contribution is 2.54. The Morgan fingerprint density at radius 2 is 1.32 bits per heavy atom. The van der Waals surface area contributed by atoms with Gasteiger partial charge in [0, 0.05) is 0 Å². The Morgan fingerprint density at radius 3 is 1.96 bits per heavy atom. The van der Waals surface area contributed by atoms with E-state index in [1.54, 1.807) is 0 Å². The minimum absolute atomic E-state index is 0.248. The van der Waals surface area contributed by atoms with Crippen LogP contribution in [0.2, 0.25) is 5.54 Å². The summed E-state index contributed by atoms with van der Waals surface area (Å²) in [6, 6.07) is 30.8. The Labute approximate surface area is 150 Å². The van der Waals surface area contributed by atoms with Gasteiger partial charge in [-0.25, -0.2) is 0 Å². The standard InChI is InChI=1S/C23H22OSi/c1-17-22-16-18-10-8-9-15-21(18)23(22)24-25(17,19-11-4-2-5-12-19)20-13-6-3-7-14-20/h2-15,17,22-23H,16H2,1H3/t17?,22-,23+/m0/s1. The van der Waals surface area contributed by atoms with Crippen LogP contribution in [0.25, 0.3) is 0 Å². The summed E-state index contributed by atoms with van der Waals surface area (Å²) in [5, 5.41) is 2.81. The molecule has 124 valence electrons. The van der Waals surface area contributed by atoms with Crippen molar-refractivity contribution < 1.29 is 4.43 Å². The quantitative estimate of drug-likeness (QED) is 0.638. The SMILES string of the molecule is CC1[C@@H]2Cc3ccccc3[C@H]2O[Si]1(c1ccccc1)c1ccccc1. The van der Waals surface area contributed by atoms with Gasteiger partial charge in [0.1, 0.15) is 0 Å². The van der Waals surface area contributed by atoms with Gasteiger partial charge in [0.25, 0.3) is 8.32 Å². The molecule has 0 aromatic heterocycles. The van der Waals surface area contributed by atoms with Crippen LogP contribution >= 0.6 is 0 Å². The Kier molecular flexibility index (Phi) is 3.44. The second-order valence-corrected chi connectivity index (χ2v) is 11.1. The fourth-order valence-corrected chi connectivity index (χ4v) is 9.83. The summed E-state index contributed by atoms with van der Waals surface area (Å²) >= 11 is 0. The lowest BCUT2D eigenvalue weighted by atomic mass is 10.0. The lowest BCUT2D eigenvalue weighted by Crippen LogP contribution is -2.61. The van der Waals surface area contributed by atoms with Crippen molar-refractivity contribution in [2.45, 2.75) is 25.0 Å². The molecule has 2 aliphatic rings. The second kappa shape index (κ2) is 5.69. The average molecular weight is 343 g/mol. The Bertz CT molecular complexity index is 851. The summed E-state index contributed by atoms with van der Waals surface area (Å²) in [7, 11) is -2.25. The molecule has 1 aliphatic carbocycles. The summed E-state index contributed by atoms with van der Waals surface area (Å²) in [5.74, 6) is 0.587. The number of rotatable bonds is 2. The van der Waals surface area contributed by atoms with Crippen LogP contribution in [0.1, 0.15) is 24.2 Å². The maximum Gasteiger partial charge on any atom is 0.259 e. The number of benzene rings is 3. The second-order valence-electron chi connectivity index (χ2n) is 7.36. The molecule has 0 saturated carbocycles. The van der Waals surface area contributed by atoms with E-state index in [9.17, 15) is 0 Å². The average Bonchev–Trinajstić information content (AvgIpc) is 3.18. The maximum atomic E-state index is 7.12. The van der Waals surface area contributed by atoms with Crippen LogP contribution < -0.4 is 10.4 Å². The van der Waals surface area contributed by atoms with E-state index in [4.69, 9.17) is 4.43 Å². The molecule has 5 rings (SSSR count). The van der Waals surface area contributed by atoms with Gasteiger partial charge in [0.15, 0.2) is 0 Å². The summed E-state index contributed by atoms with van der Waals surface area (Å²) < 4.78 is 7.12. The zero-order valence-corrected chi connectivity index (χ0v) is 15.4. The van der Waals surface area contributed by atoms with E-state index in [-0.39, 0.29) is 6.10 Å². The molecule has 1 saturated heterocycles. The van der Waals surface area contributed by atoms with Crippen molar-refractivity contribution in [3.63, 3.8) is 0 Å². The van der Waals surface area contributed by atoms with Crippen LogP contribution in [0, 0.1) is 5.92 Å². The smallest absolute Gasteiger partial charge is 0.259 e. The van der Waals surface area contributed by atoms with Crippen LogP contribution in [0.15, 0.2) is 84.9 Å². The van der Waals surface area contributed by atoms with Crippen LogP contribution in [0.3, 0.4) is 0 Å². The number of hydrogen-bond donors (Lipinski definition) is 0. The molecule has 1 heterocycles. The van der Waals surface area contributed by atoms with Crippen LogP contribution in [-0.4, -0.2) is 8.32 Å². The zero-order valence-electron chi connectivity index (χ0n) is 14.4. The van der Waals surface area contributed by atoms with Crippen LogP contribution in [0.4, 0.5) is 0 Å². The molecule has 0 radical (unpaired) electrons. The summed E-state index contributed by atoms with van der Waals surface area (Å²) in [6.07, 6.45) is 1.40. The molecule has 25 heavy (non-hydrogen) atoms. The maximum absolute atomic E-state index is 7.12. The minimum atomic E-state index is -2.25. The van der Waals surface area contributed by atoms with E-state index < -0.39 is 8.32 Å². The molecular formula is C23H22OSi. The molecule has 3 aromatic rings. The third kappa shape index (κ3) is 2.11. The molecule has 1 unspecified atom stereocenters. The molecule has 1 nitrogen and oxygen atoms in total. The van der Waals surface area contributed by atoms with Crippen LogP contribution in [-0.2, 0) is 10.8 Å². The highest BCUT2D eigenvalue weighted by Gasteiger charge is 2.59. The lowest BCUT2D eigenvalue weighted by Gasteiger charge is -2.33. The van der Waals surface area contributed by atoms with Gasteiger partial charge in [-0.3, -0.25) is 0 Å². The first kappa shape index (κ1) is 15.1. The molecule has 0 spiro atoms. The third-order valence-corrected chi connectivity index (χ3v) is 10.9. The summed E-state index contributed by atoms with van der Waals surface area (Å²) in [6.45, 7) is 2.43. The molecule has 3 atom stereocenters. The van der Waals surface area contributed by atoms with Gasteiger partial charge in [-0.2, -0.15) is 0 Å². The fourth-order valence-electron chi connectivity index (χ4n) is 4.99. The van der Waals surface area contributed by atoms with Crippen molar-refractivity contribution in [1.82, 2.24) is 0 Å². The monoisotopic (exact) mass is 342 g/mol. The van der Waals surface area contributed by atoms with Gasteiger partial charge < -0.3 is 4.43 Å². The van der Waals surface area contributed by atoms with Crippen molar-refractivity contribution in [2.75, 3.05) is 0 Å². The van der Waals surface area contributed by atoms with E-state index in [0.717, 1.165) is 6.42 Å². The van der Waals surface area contributed by atoms with Gasteiger partial charge >= 0.3 is 0 Å². The number of hydrogen-bond acceptors (Lipinski definition) is 1. The molecule has 0 bridgehead atoms. The van der Waals surface area contributed by atoms with Crippen LogP contribution in [0.5, 0.6) is 0 Å². The molecule has 3 aromatic carbocycles. The largest absolute Gasteiger partial charge is 0.400 e. The van der Waals surface area contributed by atoms with Gasteiger partial charge in [-0.1, -0.05) is 91.9 Å². The van der Waals surface area contributed by atoms with Gasteiger partial charge in [0.05, 0.1) is 6.10 Å². The van der Waals surface area contributed by atoms with Gasteiger partial charge in [-0.15, -0.1) is 0 Å². The molecule has 1 fully saturated rings. The molecular weight excluding hydrogens is 320 g/mol.